The molecule has 0 atom stereocenters. The molecular formula is C26H36ClN3O2. The molecule has 0 aliphatic heterocycles. The van der Waals surface area contributed by atoms with Gasteiger partial charge in [-0.3, -0.25) is 0 Å². The van der Waals surface area contributed by atoms with Gasteiger partial charge in [-0.05, 0) is 79.9 Å². The largest absolute Gasteiger partial charge is 0.497 e. The quantitative estimate of drug-likeness (QED) is 0.470. The van der Waals surface area contributed by atoms with Crippen LogP contribution in [0.5, 0.6) is 11.5 Å². The molecule has 0 radical (unpaired) electrons. The van der Waals surface area contributed by atoms with Gasteiger partial charge in [-0.2, -0.15) is 0 Å². The summed E-state index contributed by atoms with van der Waals surface area (Å²) in [5.41, 5.74) is 19.7. The smallest absolute Gasteiger partial charge is 0.122 e. The van der Waals surface area contributed by atoms with E-state index >= 15 is 0 Å². The summed E-state index contributed by atoms with van der Waals surface area (Å²) in [6, 6.07) is 23.7. The van der Waals surface area contributed by atoms with Crippen molar-refractivity contribution in [1.29, 1.82) is 0 Å². The Kier molecular flexibility index (Phi) is 14.6. The van der Waals surface area contributed by atoms with Gasteiger partial charge < -0.3 is 26.7 Å². The molecule has 0 heterocycles. The van der Waals surface area contributed by atoms with E-state index in [9.17, 15) is 0 Å². The highest BCUT2D eigenvalue weighted by Gasteiger charge is 1.98. The van der Waals surface area contributed by atoms with E-state index in [0.29, 0.717) is 19.6 Å². The molecule has 6 heteroatoms. The normalized spacial score (nSPS) is 9.69. The van der Waals surface area contributed by atoms with Gasteiger partial charge in [0.25, 0.3) is 0 Å². The predicted octanol–water partition coefficient (Wildman–Crippen LogP) is 4.23. The Bertz CT molecular complexity index is 890. The number of methoxy groups -OCH3 is 2. The molecule has 0 aliphatic carbocycles. The highest BCUT2D eigenvalue weighted by atomic mass is 35.5. The Balaban J connectivity index is 0.000000240. The first kappa shape index (κ1) is 27.5. The van der Waals surface area contributed by atoms with Crippen molar-refractivity contribution in [2.24, 2.45) is 17.2 Å². The van der Waals surface area contributed by atoms with Crippen molar-refractivity contribution >= 4 is 11.6 Å². The Morgan fingerprint density at radius 2 is 1.25 bits per heavy atom. The van der Waals surface area contributed by atoms with E-state index < -0.39 is 0 Å². The van der Waals surface area contributed by atoms with Crippen LogP contribution in [0.3, 0.4) is 0 Å². The maximum atomic E-state index is 5.85. The second kappa shape index (κ2) is 17.0. The van der Waals surface area contributed by atoms with E-state index in [1.165, 1.54) is 11.1 Å². The van der Waals surface area contributed by atoms with Crippen LogP contribution in [0.25, 0.3) is 0 Å². The van der Waals surface area contributed by atoms with Crippen molar-refractivity contribution in [3.8, 4) is 11.5 Å². The molecule has 0 bridgehead atoms. The average Bonchev–Trinajstić information content (AvgIpc) is 2.82. The molecule has 0 aromatic heterocycles. The van der Waals surface area contributed by atoms with Crippen LogP contribution in [-0.4, -0.2) is 33.9 Å². The molecule has 0 spiro atoms. The lowest BCUT2D eigenvalue weighted by Gasteiger charge is -2.05. The van der Waals surface area contributed by atoms with Crippen LogP contribution in [-0.2, 0) is 19.3 Å². The molecule has 3 aromatic rings. The summed E-state index contributed by atoms with van der Waals surface area (Å²) in [6.07, 6.45) is 2.65. The highest BCUT2D eigenvalue weighted by Crippen LogP contribution is 2.17. The molecule has 6 N–H and O–H groups in total. The van der Waals surface area contributed by atoms with E-state index in [1.807, 2.05) is 66.7 Å². The first-order valence-electron chi connectivity index (χ1n) is 10.7. The van der Waals surface area contributed by atoms with Crippen molar-refractivity contribution in [2.75, 3.05) is 33.9 Å². The van der Waals surface area contributed by atoms with Crippen LogP contribution in [0.4, 0.5) is 0 Å². The Labute approximate surface area is 197 Å². The van der Waals surface area contributed by atoms with Gasteiger partial charge in [-0.1, -0.05) is 60.1 Å². The zero-order valence-corrected chi connectivity index (χ0v) is 19.9. The van der Waals surface area contributed by atoms with E-state index in [4.69, 9.17) is 38.3 Å². The van der Waals surface area contributed by atoms with E-state index in [2.05, 4.69) is 6.07 Å². The third-order valence-corrected chi connectivity index (χ3v) is 4.91. The summed E-state index contributed by atoms with van der Waals surface area (Å²) in [5, 5.41) is 0.813. The minimum Gasteiger partial charge on any atom is -0.497 e. The molecule has 3 aromatic carbocycles. The number of rotatable bonds is 8. The summed E-state index contributed by atoms with van der Waals surface area (Å²) >= 11 is 5.85. The van der Waals surface area contributed by atoms with Gasteiger partial charge in [0, 0.05) is 5.02 Å². The first-order chi connectivity index (χ1) is 15.6. The second-order valence-electron chi connectivity index (χ2n) is 6.87. The standard InChI is InChI=1S/2C9H13NO.C8H10ClN/c1-11-9-4-2-3-8(7-9)5-6-10;1-11-9-5-3-2-4-8(9)6-7-10;9-8-4-2-1-3-7(8)5-6-10/h2-4,7H,5-6,10H2,1H3;2-5H,6-7,10H2,1H3;1-4H,5-6,10H2. The van der Waals surface area contributed by atoms with Gasteiger partial charge >= 0.3 is 0 Å². The summed E-state index contributed by atoms with van der Waals surface area (Å²) in [4.78, 5) is 0. The van der Waals surface area contributed by atoms with Crippen LogP contribution in [0.15, 0.2) is 72.8 Å². The second-order valence-corrected chi connectivity index (χ2v) is 7.28. The summed E-state index contributed by atoms with van der Waals surface area (Å²) in [7, 11) is 3.34. The Morgan fingerprint density at radius 1 is 0.656 bits per heavy atom. The number of ether oxygens (including phenoxy) is 2. The molecule has 32 heavy (non-hydrogen) atoms. The molecule has 0 aliphatic rings. The number of hydrogen-bond acceptors (Lipinski definition) is 5. The van der Waals surface area contributed by atoms with Crippen molar-refractivity contribution in [3.63, 3.8) is 0 Å². The van der Waals surface area contributed by atoms with Crippen LogP contribution in [0.1, 0.15) is 16.7 Å². The summed E-state index contributed by atoms with van der Waals surface area (Å²) in [5.74, 6) is 1.83. The fourth-order valence-electron chi connectivity index (χ4n) is 2.92. The highest BCUT2D eigenvalue weighted by molar-refractivity contribution is 6.31. The summed E-state index contributed by atoms with van der Waals surface area (Å²) in [6.45, 7) is 2.01. The van der Waals surface area contributed by atoms with Gasteiger partial charge in [-0.15, -0.1) is 0 Å². The van der Waals surface area contributed by atoms with Crippen molar-refractivity contribution in [3.05, 3.63) is 94.5 Å². The van der Waals surface area contributed by atoms with Crippen LogP contribution in [0, 0.1) is 0 Å². The maximum absolute atomic E-state index is 5.85. The summed E-state index contributed by atoms with van der Waals surface area (Å²) < 4.78 is 10.2. The molecule has 174 valence electrons. The third kappa shape index (κ3) is 10.6. The maximum Gasteiger partial charge on any atom is 0.122 e. The minimum atomic E-state index is 0.656. The van der Waals surface area contributed by atoms with Crippen molar-refractivity contribution < 1.29 is 9.47 Å². The molecule has 0 saturated heterocycles. The topological polar surface area (TPSA) is 96.5 Å². The molecular weight excluding hydrogens is 422 g/mol. The third-order valence-electron chi connectivity index (χ3n) is 4.54. The number of benzene rings is 3. The van der Waals surface area contributed by atoms with E-state index in [0.717, 1.165) is 41.3 Å². The van der Waals surface area contributed by atoms with Crippen molar-refractivity contribution in [2.45, 2.75) is 19.3 Å². The van der Waals surface area contributed by atoms with Crippen LogP contribution in [0.2, 0.25) is 5.02 Å². The lowest BCUT2D eigenvalue weighted by molar-refractivity contribution is 0.410. The van der Waals surface area contributed by atoms with E-state index in [-0.39, 0.29) is 0 Å². The monoisotopic (exact) mass is 457 g/mol. The molecule has 0 unspecified atom stereocenters. The zero-order valence-electron chi connectivity index (χ0n) is 19.1. The fourth-order valence-corrected chi connectivity index (χ4v) is 3.15. The van der Waals surface area contributed by atoms with Gasteiger partial charge in [0.15, 0.2) is 0 Å². The molecule has 0 fully saturated rings. The molecule has 5 nitrogen and oxygen atoms in total. The lowest BCUT2D eigenvalue weighted by Crippen LogP contribution is -2.03. The number of halogens is 1. The molecule has 0 saturated carbocycles. The molecule has 0 amide bonds. The lowest BCUT2D eigenvalue weighted by atomic mass is 10.1. The van der Waals surface area contributed by atoms with E-state index in [1.54, 1.807) is 14.2 Å². The van der Waals surface area contributed by atoms with Crippen molar-refractivity contribution in [1.82, 2.24) is 0 Å². The Morgan fingerprint density at radius 3 is 1.84 bits per heavy atom. The average molecular weight is 458 g/mol. The van der Waals surface area contributed by atoms with Crippen LogP contribution < -0.4 is 26.7 Å². The van der Waals surface area contributed by atoms with Gasteiger partial charge in [0.2, 0.25) is 0 Å². The number of nitrogens with two attached hydrogens (primary N) is 3. The predicted molar refractivity (Wildman–Crippen MR) is 136 cm³/mol. The fraction of sp³-hybridized carbons (Fsp3) is 0.308. The first-order valence-corrected chi connectivity index (χ1v) is 11.1. The number of para-hydroxylation sites is 1. The Hall–Kier alpha value is -2.57. The number of hydrogen-bond donors (Lipinski definition) is 3. The SMILES string of the molecule is COc1cccc(CCN)c1.COc1ccccc1CCN.NCCc1ccccc1Cl. The van der Waals surface area contributed by atoms with Gasteiger partial charge in [-0.25, -0.2) is 0 Å². The zero-order chi connectivity index (χ0) is 23.6. The molecule has 3 rings (SSSR count). The van der Waals surface area contributed by atoms with Crippen LogP contribution >= 0.6 is 11.6 Å². The van der Waals surface area contributed by atoms with Gasteiger partial charge in [0.05, 0.1) is 14.2 Å². The minimum absolute atomic E-state index is 0.656. The van der Waals surface area contributed by atoms with Gasteiger partial charge in [0.1, 0.15) is 11.5 Å².